The van der Waals surface area contributed by atoms with E-state index in [1.165, 1.54) is 24.0 Å². The SMILES string of the molecule is NC(=S)CC(c1ccccc1)N(Cc1ccsc1)C1CC1. The molecule has 0 spiro atoms. The van der Waals surface area contributed by atoms with E-state index in [4.69, 9.17) is 18.0 Å². The van der Waals surface area contributed by atoms with Crippen LogP contribution in [-0.2, 0) is 6.54 Å². The zero-order chi connectivity index (χ0) is 14.7. The van der Waals surface area contributed by atoms with Gasteiger partial charge in [-0.05, 0) is 40.8 Å². The molecule has 0 aliphatic heterocycles. The van der Waals surface area contributed by atoms with E-state index in [2.05, 4.69) is 52.1 Å². The van der Waals surface area contributed by atoms with Crippen LogP contribution in [-0.4, -0.2) is 15.9 Å². The van der Waals surface area contributed by atoms with Crippen LogP contribution in [0.4, 0.5) is 0 Å². The van der Waals surface area contributed by atoms with E-state index in [0.717, 1.165) is 13.0 Å². The molecule has 4 heteroatoms. The Hall–Kier alpha value is -1.23. The second-order valence-corrected chi connectivity index (χ2v) is 6.94. The van der Waals surface area contributed by atoms with Crippen molar-refractivity contribution in [3.05, 3.63) is 58.3 Å². The summed E-state index contributed by atoms with van der Waals surface area (Å²) >= 11 is 6.96. The summed E-state index contributed by atoms with van der Waals surface area (Å²) in [4.78, 5) is 3.18. The van der Waals surface area contributed by atoms with Crippen molar-refractivity contribution in [2.75, 3.05) is 0 Å². The predicted molar refractivity (Wildman–Crippen MR) is 93.5 cm³/mol. The summed E-state index contributed by atoms with van der Waals surface area (Å²) < 4.78 is 0. The molecule has 2 N–H and O–H groups in total. The Morgan fingerprint density at radius 1 is 1.29 bits per heavy atom. The maximum atomic E-state index is 5.87. The van der Waals surface area contributed by atoms with Gasteiger partial charge >= 0.3 is 0 Å². The Kier molecular flexibility index (Phi) is 4.68. The monoisotopic (exact) mass is 316 g/mol. The number of benzene rings is 1. The maximum Gasteiger partial charge on any atom is 0.0746 e. The van der Waals surface area contributed by atoms with Crippen molar-refractivity contribution in [3.63, 3.8) is 0 Å². The lowest BCUT2D eigenvalue weighted by Crippen LogP contribution is -2.33. The molecule has 2 aromatic rings. The molecule has 0 amide bonds. The number of nitrogens with two attached hydrogens (primary N) is 1. The molecule has 0 bridgehead atoms. The molecule has 1 fully saturated rings. The standard InChI is InChI=1S/C17H20N2S2/c18-17(20)10-16(14-4-2-1-3-5-14)19(15-6-7-15)11-13-8-9-21-12-13/h1-5,8-9,12,15-16H,6-7,10-11H2,(H2,18,20). The van der Waals surface area contributed by atoms with Gasteiger partial charge in [-0.25, -0.2) is 0 Å². The fourth-order valence-corrected chi connectivity index (χ4v) is 3.60. The van der Waals surface area contributed by atoms with E-state index in [-0.39, 0.29) is 6.04 Å². The Labute approximate surface area is 135 Å². The van der Waals surface area contributed by atoms with Gasteiger partial charge in [0.05, 0.1) is 4.99 Å². The molecule has 1 aliphatic carbocycles. The topological polar surface area (TPSA) is 29.3 Å². The zero-order valence-electron chi connectivity index (χ0n) is 11.9. The first-order chi connectivity index (χ1) is 10.2. The molecule has 110 valence electrons. The molecule has 2 nitrogen and oxygen atoms in total. The first-order valence-corrected chi connectivity index (χ1v) is 8.69. The van der Waals surface area contributed by atoms with E-state index in [0.29, 0.717) is 11.0 Å². The van der Waals surface area contributed by atoms with Crippen LogP contribution in [0.3, 0.4) is 0 Å². The summed E-state index contributed by atoms with van der Waals surface area (Å²) in [5.41, 5.74) is 8.57. The maximum absolute atomic E-state index is 5.87. The van der Waals surface area contributed by atoms with E-state index in [1.807, 2.05) is 0 Å². The highest BCUT2D eigenvalue weighted by Crippen LogP contribution is 2.37. The molecular weight excluding hydrogens is 296 g/mol. The molecule has 1 saturated carbocycles. The Morgan fingerprint density at radius 3 is 2.62 bits per heavy atom. The number of nitrogens with zero attached hydrogens (tertiary/aromatic N) is 1. The zero-order valence-corrected chi connectivity index (χ0v) is 13.6. The van der Waals surface area contributed by atoms with Crippen LogP contribution in [0.1, 0.15) is 36.4 Å². The van der Waals surface area contributed by atoms with Gasteiger partial charge in [0.25, 0.3) is 0 Å². The van der Waals surface area contributed by atoms with Gasteiger partial charge < -0.3 is 5.73 Å². The van der Waals surface area contributed by atoms with E-state index >= 15 is 0 Å². The predicted octanol–water partition coefficient (Wildman–Crippen LogP) is 4.13. The fourth-order valence-electron chi connectivity index (χ4n) is 2.79. The summed E-state index contributed by atoms with van der Waals surface area (Å²) in [5, 5.41) is 4.38. The highest BCUT2D eigenvalue weighted by atomic mass is 32.1. The first kappa shape index (κ1) is 14.7. The van der Waals surface area contributed by atoms with Gasteiger partial charge in [-0.3, -0.25) is 4.90 Å². The van der Waals surface area contributed by atoms with Crippen molar-refractivity contribution in [3.8, 4) is 0 Å². The van der Waals surface area contributed by atoms with Gasteiger partial charge in [0, 0.05) is 25.0 Å². The first-order valence-electron chi connectivity index (χ1n) is 7.34. The second-order valence-electron chi connectivity index (χ2n) is 5.63. The Morgan fingerprint density at radius 2 is 2.05 bits per heavy atom. The molecule has 1 unspecified atom stereocenters. The molecular formula is C17H20N2S2. The quantitative estimate of drug-likeness (QED) is 0.779. The number of thiophene rings is 1. The van der Waals surface area contributed by atoms with E-state index in [9.17, 15) is 0 Å². The van der Waals surface area contributed by atoms with Crippen molar-refractivity contribution in [1.29, 1.82) is 0 Å². The van der Waals surface area contributed by atoms with Gasteiger partial charge in [-0.15, -0.1) is 0 Å². The summed E-state index contributed by atoms with van der Waals surface area (Å²) in [6, 6.07) is 13.8. The van der Waals surface area contributed by atoms with Gasteiger partial charge in [0.2, 0.25) is 0 Å². The Balaban J connectivity index is 1.86. The molecule has 0 saturated heterocycles. The van der Waals surface area contributed by atoms with Crippen LogP contribution in [0.25, 0.3) is 0 Å². The van der Waals surface area contributed by atoms with Gasteiger partial charge in [-0.1, -0.05) is 42.5 Å². The van der Waals surface area contributed by atoms with Crippen LogP contribution >= 0.6 is 23.6 Å². The minimum absolute atomic E-state index is 0.288. The highest BCUT2D eigenvalue weighted by Gasteiger charge is 2.34. The van der Waals surface area contributed by atoms with E-state index in [1.54, 1.807) is 11.3 Å². The molecule has 1 aromatic heterocycles. The van der Waals surface area contributed by atoms with Gasteiger partial charge in [-0.2, -0.15) is 11.3 Å². The van der Waals surface area contributed by atoms with Crippen LogP contribution in [0.5, 0.6) is 0 Å². The summed E-state index contributed by atoms with van der Waals surface area (Å²) in [6.45, 7) is 0.982. The molecule has 0 radical (unpaired) electrons. The minimum Gasteiger partial charge on any atom is -0.393 e. The van der Waals surface area contributed by atoms with Crippen LogP contribution in [0.15, 0.2) is 47.2 Å². The number of thiocarbonyl (C=S) groups is 1. The average molecular weight is 316 g/mol. The van der Waals surface area contributed by atoms with Crippen molar-refractivity contribution in [2.24, 2.45) is 5.73 Å². The molecule has 1 atom stereocenters. The second kappa shape index (κ2) is 6.69. The molecule has 1 aliphatic rings. The normalized spacial score (nSPS) is 16.0. The minimum atomic E-state index is 0.288. The summed E-state index contributed by atoms with van der Waals surface area (Å²) in [7, 11) is 0. The van der Waals surface area contributed by atoms with Gasteiger partial charge in [0.15, 0.2) is 0 Å². The molecule has 1 aromatic carbocycles. The number of rotatable bonds is 7. The van der Waals surface area contributed by atoms with Crippen LogP contribution in [0, 0.1) is 0 Å². The van der Waals surface area contributed by atoms with Crippen molar-refractivity contribution >= 4 is 28.5 Å². The number of hydrogen-bond acceptors (Lipinski definition) is 3. The fraction of sp³-hybridized carbons (Fsp3) is 0.353. The molecule has 1 heterocycles. The van der Waals surface area contributed by atoms with Crippen LogP contribution < -0.4 is 5.73 Å². The highest BCUT2D eigenvalue weighted by molar-refractivity contribution is 7.80. The largest absolute Gasteiger partial charge is 0.393 e. The Bertz CT molecular complexity index is 576. The van der Waals surface area contributed by atoms with Crippen molar-refractivity contribution in [2.45, 2.75) is 37.9 Å². The molecule has 3 rings (SSSR count). The van der Waals surface area contributed by atoms with Crippen LogP contribution in [0.2, 0.25) is 0 Å². The third kappa shape index (κ3) is 3.90. The smallest absolute Gasteiger partial charge is 0.0746 e. The van der Waals surface area contributed by atoms with Crippen molar-refractivity contribution in [1.82, 2.24) is 4.90 Å². The van der Waals surface area contributed by atoms with Crippen molar-refractivity contribution < 1.29 is 0 Å². The lowest BCUT2D eigenvalue weighted by molar-refractivity contribution is 0.182. The van der Waals surface area contributed by atoms with Gasteiger partial charge in [0.1, 0.15) is 0 Å². The molecule has 21 heavy (non-hydrogen) atoms. The number of hydrogen-bond donors (Lipinski definition) is 1. The third-order valence-corrected chi connectivity index (χ3v) is 4.84. The third-order valence-electron chi connectivity index (χ3n) is 3.94. The summed E-state index contributed by atoms with van der Waals surface area (Å²) in [5.74, 6) is 0. The summed E-state index contributed by atoms with van der Waals surface area (Å²) in [6.07, 6.45) is 3.32. The lowest BCUT2D eigenvalue weighted by atomic mass is 10.0. The van der Waals surface area contributed by atoms with E-state index < -0.39 is 0 Å². The lowest BCUT2D eigenvalue weighted by Gasteiger charge is -2.32. The average Bonchev–Trinajstić information content (AvgIpc) is 3.20.